The maximum absolute atomic E-state index is 3.57. The summed E-state index contributed by atoms with van der Waals surface area (Å²) in [5.74, 6) is 0. The molecule has 0 spiro atoms. The van der Waals surface area contributed by atoms with Gasteiger partial charge in [-0.05, 0) is 42.3 Å². The average Bonchev–Trinajstić information content (AvgIpc) is 2.96. The van der Waals surface area contributed by atoms with Crippen molar-refractivity contribution in [1.82, 2.24) is 5.32 Å². The van der Waals surface area contributed by atoms with Gasteiger partial charge in [0.2, 0.25) is 0 Å². The zero-order chi connectivity index (χ0) is 13.5. The van der Waals surface area contributed by atoms with Crippen molar-refractivity contribution in [3.8, 4) is 0 Å². The van der Waals surface area contributed by atoms with E-state index in [0.29, 0.717) is 6.04 Å². The summed E-state index contributed by atoms with van der Waals surface area (Å²) < 4.78 is 0. The first kappa shape index (κ1) is 14.3. The Labute approximate surface area is 120 Å². The molecule has 1 N–H and O–H groups in total. The standard InChI is InChI=1S/C17H23NS/c1-3-4-6-15-8-10-16(11-9-15)14(2)18-13-17-7-5-12-19-17/h5,7-12,14,18H,3-4,6,13H2,1-2H3. The van der Waals surface area contributed by atoms with Gasteiger partial charge in [0, 0.05) is 17.5 Å². The Morgan fingerprint density at radius 2 is 1.95 bits per heavy atom. The number of benzene rings is 1. The Kier molecular flexibility index (Phi) is 5.62. The molecule has 1 atom stereocenters. The molecule has 0 radical (unpaired) electrons. The quantitative estimate of drug-likeness (QED) is 0.753. The minimum absolute atomic E-state index is 0.405. The number of nitrogens with one attached hydrogen (secondary N) is 1. The molecule has 0 amide bonds. The third-order valence-corrected chi connectivity index (χ3v) is 4.34. The lowest BCUT2D eigenvalue weighted by atomic mass is 10.0. The van der Waals surface area contributed by atoms with Crippen LogP contribution in [0, 0.1) is 0 Å². The maximum Gasteiger partial charge on any atom is 0.0305 e. The van der Waals surface area contributed by atoms with E-state index >= 15 is 0 Å². The van der Waals surface area contributed by atoms with E-state index in [0.717, 1.165) is 6.54 Å². The van der Waals surface area contributed by atoms with Gasteiger partial charge in [-0.25, -0.2) is 0 Å². The van der Waals surface area contributed by atoms with Crippen LogP contribution in [0.25, 0.3) is 0 Å². The summed E-state index contributed by atoms with van der Waals surface area (Å²) in [7, 11) is 0. The second-order valence-electron chi connectivity index (χ2n) is 5.03. The fourth-order valence-corrected chi connectivity index (χ4v) is 2.79. The zero-order valence-electron chi connectivity index (χ0n) is 11.9. The van der Waals surface area contributed by atoms with Crippen LogP contribution in [0.2, 0.25) is 0 Å². The predicted octanol–water partition coefficient (Wildman–Crippen LogP) is 4.94. The minimum Gasteiger partial charge on any atom is -0.305 e. The van der Waals surface area contributed by atoms with E-state index in [2.05, 4.69) is 60.9 Å². The fraction of sp³-hybridized carbons (Fsp3) is 0.412. The topological polar surface area (TPSA) is 12.0 Å². The number of unbranched alkanes of at least 4 members (excludes halogenated alkanes) is 1. The number of hydrogen-bond donors (Lipinski definition) is 1. The zero-order valence-corrected chi connectivity index (χ0v) is 12.7. The van der Waals surface area contributed by atoms with Crippen LogP contribution >= 0.6 is 11.3 Å². The monoisotopic (exact) mass is 273 g/mol. The van der Waals surface area contributed by atoms with Crippen LogP contribution in [0.3, 0.4) is 0 Å². The lowest BCUT2D eigenvalue weighted by molar-refractivity contribution is 0.578. The number of rotatable bonds is 7. The van der Waals surface area contributed by atoms with Crippen LogP contribution in [0.15, 0.2) is 41.8 Å². The molecule has 1 heterocycles. The molecule has 0 fully saturated rings. The van der Waals surface area contributed by atoms with Crippen LogP contribution in [-0.4, -0.2) is 0 Å². The van der Waals surface area contributed by atoms with E-state index in [-0.39, 0.29) is 0 Å². The van der Waals surface area contributed by atoms with E-state index in [9.17, 15) is 0 Å². The van der Waals surface area contributed by atoms with Crippen LogP contribution < -0.4 is 5.32 Å². The van der Waals surface area contributed by atoms with Gasteiger partial charge in [-0.2, -0.15) is 0 Å². The lowest BCUT2D eigenvalue weighted by Gasteiger charge is -2.14. The molecule has 0 saturated heterocycles. The highest BCUT2D eigenvalue weighted by molar-refractivity contribution is 7.09. The second-order valence-corrected chi connectivity index (χ2v) is 6.06. The molecule has 1 unspecified atom stereocenters. The smallest absolute Gasteiger partial charge is 0.0305 e. The third kappa shape index (κ3) is 4.48. The molecule has 2 rings (SSSR count). The van der Waals surface area contributed by atoms with Crippen molar-refractivity contribution in [3.05, 3.63) is 57.8 Å². The van der Waals surface area contributed by atoms with Gasteiger partial charge < -0.3 is 5.32 Å². The van der Waals surface area contributed by atoms with E-state index in [1.807, 2.05) is 11.3 Å². The van der Waals surface area contributed by atoms with Gasteiger partial charge in [0.15, 0.2) is 0 Å². The molecule has 0 saturated carbocycles. The van der Waals surface area contributed by atoms with Crippen molar-refractivity contribution in [2.45, 2.75) is 45.7 Å². The first-order valence-corrected chi connectivity index (χ1v) is 8.02. The average molecular weight is 273 g/mol. The van der Waals surface area contributed by atoms with Crippen molar-refractivity contribution >= 4 is 11.3 Å². The molecular formula is C17H23NS. The Bertz CT molecular complexity index is 459. The molecule has 1 aromatic heterocycles. The molecule has 1 aromatic carbocycles. The van der Waals surface area contributed by atoms with Crippen molar-refractivity contribution in [2.24, 2.45) is 0 Å². The largest absolute Gasteiger partial charge is 0.305 e. The Morgan fingerprint density at radius 1 is 1.16 bits per heavy atom. The molecule has 2 heteroatoms. The maximum atomic E-state index is 3.57. The lowest BCUT2D eigenvalue weighted by Crippen LogP contribution is -2.17. The molecule has 0 aliphatic heterocycles. The summed E-state index contributed by atoms with van der Waals surface area (Å²) in [6, 6.07) is 13.8. The van der Waals surface area contributed by atoms with Crippen molar-refractivity contribution < 1.29 is 0 Å². The van der Waals surface area contributed by atoms with Gasteiger partial charge in [-0.15, -0.1) is 11.3 Å². The highest BCUT2D eigenvalue weighted by atomic mass is 32.1. The molecule has 2 aromatic rings. The summed E-state index contributed by atoms with van der Waals surface area (Å²) in [5, 5.41) is 5.70. The van der Waals surface area contributed by atoms with Gasteiger partial charge in [-0.1, -0.05) is 43.7 Å². The fourth-order valence-electron chi connectivity index (χ4n) is 2.14. The molecule has 0 bridgehead atoms. The number of hydrogen-bond acceptors (Lipinski definition) is 2. The number of aryl methyl sites for hydroxylation is 1. The van der Waals surface area contributed by atoms with E-state index < -0.39 is 0 Å². The Morgan fingerprint density at radius 3 is 2.58 bits per heavy atom. The first-order chi connectivity index (χ1) is 9.29. The molecule has 19 heavy (non-hydrogen) atoms. The molecule has 1 nitrogen and oxygen atoms in total. The summed E-state index contributed by atoms with van der Waals surface area (Å²) in [4.78, 5) is 1.39. The SMILES string of the molecule is CCCCc1ccc(C(C)NCc2cccs2)cc1. The highest BCUT2D eigenvalue weighted by Crippen LogP contribution is 2.16. The van der Waals surface area contributed by atoms with Gasteiger partial charge in [0.25, 0.3) is 0 Å². The van der Waals surface area contributed by atoms with Crippen molar-refractivity contribution in [3.63, 3.8) is 0 Å². The first-order valence-electron chi connectivity index (χ1n) is 7.14. The molecule has 0 aliphatic carbocycles. The van der Waals surface area contributed by atoms with Crippen LogP contribution in [0.1, 0.15) is 48.7 Å². The molecule has 0 aliphatic rings. The van der Waals surface area contributed by atoms with Gasteiger partial charge in [-0.3, -0.25) is 0 Å². The predicted molar refractivity (Wildman–Crippen MR) is 84.6 cm³/mol. The Hall–Kier alpha value is -1.12. The van der Waals surface area contributed by atoms with E-state index in [1.54, 1.807) is 0 Å². The summed E-state index contributed by atoms with van der Waals surface area (Å²) >= 11 is 1.81. The summed E-state index contributed by atoms with van der Waals surface area (Å²) in [6.07, 6.45) is 3.75. The van der Waals surface area contributed by atoms with Crippen LogP contribution in [-0.2, 0) is 13.0 Å². The van der Waals surface area contributed by atoms with Gasteiger partial charge in [0.05, 0.1) is 0 Å². The Balaban J connectivity index is 1.86. The van der Waals surface area contributed by atoms with Crippen LogP contribution in [0.5, 0.6) is 0 Å². The number of thiophene rings is 1. The normalized spacial score (nSPS) is 12.5. The summed E-state index contributed by atoms with van der Waals surface area (Å²) in [6.45, 7) is 5.43. The second kappa shape index (κ2) is 7.46. The van der Waals surface area contributed by atoms with Crippen molar-refractivity contribution in [2.75, 3.05) is 0 Å². The van der Waals surface area contributed by atoms with Gasteiger partial charge in [0.1, 0.15) is 0 Å². The molecular weight excluding hydrogens is 250 g/mol. The van der Waals surface area contributed by atoms with E-state index in [1.165, 1.54) is 35.3 Å². The minimum atomic E-state index is 0.405. The highest BCUT2D eigenvalue weighted by Gasteiger charge is 2.05. The molecule has 102 valence electrons. The van der Waals surface area contributed by atoms with Crippen molar-refractivity contribution in [1.29, 1.82) is 0 Å². The third-order valence-electron chi connectivity index (χ3n) is 3.46. The van der Waals surface area contributed by atoms with Crippen LogP contribution in [0.4, 0.5) is 0 Å². The summed E-state index contributed by atoms with van der Waals surface area (Å²) in [5.41, 5.74) is 2.83. The van der Waals surface area contributed by atoms with E-state index in [4.69, 9.17) is 0 Å². The van der Waals surface area contributed by atoms with Gasteiger partial charge >= 0.3 is 0 Å².